The third kappa shape index (κ3) is 3.90. The molecule has 1 saturated heterocycles. The average Bonchev–Trinajstić information content (AvgIpc) is 2.13. The van der Waals surface area contributed by atoms with Gasteiger partial charge in [0.15, 0.2) is 0 Å². The quantitative estimate of drug-likeness (QED) is 0.706. The minimum atomic E-state index is -3.15. The molecule has 0 radical (unpaired) electrons. The smallest absolute Gasteiger partial charge is 0.214 e. The van der Waals surface area contributed by atoms with E-state index in [1.165, 1.54) is 4.31 Å². The standard InChI is InChI=1S/C9H18ClNO3S/c1-9(2)8-11(5-6-14-9)15(12,13)7-3-4-10/h3-8H2,1-2H3. The molecule has 0 aliphatic carbocycles. The molecule has 90 valence electrons. The maximum Gasteiger partial charge on any atom is 0.214 e. The third-order valence-electron chi connectivity index (χ3n) is 2.32. The number of halogens is 1. The van der Waals surface area contributed by atoms with E-state index in [0.717, 1.165) is 0 Å². The van der Waals surface area contributed by atoms with Gasteiger partial charge < -0.3 is 4.74 Å². The molecule has 0 spiro atoms. The molecule has 0 bridgehead atoms. The van der Waals surface area contributed by atoms with Crippen LogP contribution in [0, 0.1) is 0 Å². The van der Waals surface area contributed by atoms with Gasteiger partial charge in [0.2, 0.25) is 10.0 Å². The minimum absolute atomic E-state index is 0.132. The number of hydrogen-bond acceptors (Lipinski definition) is 3. The van der Waals surface area contributed by atoms with Crippen molar-refractivity contribution in [1.82, 2.24) is 4.31 Å². The molecule has 4 nitrogen and oxygen atoms in total. The lowest BCUT2D eigenvalue weighted by Crippen LogP contribution is -2.51. The molecule has 1 aliphatic rings. The van der Waals surface area contributed by atoms with Gasteiger partial charge in [-0.1, -0.05) is 0 Å². The van der Waals surface area contributed by atoms with Gasteiger partial charge in [0.05, 0.1) is 18.0 Å². The van der Waals surface area contributed by atoms with Crippen molar-refractivity contribution in [3.8, 4) is 0 Å². The number of sulfonamides is 1. The van der Waals surface area contributed by atoms with Crippen LogP contribution in [-0.4, -0.2) is 49.7 Å². The topological polar surface area (TPSA) is 46.6 Å². The Hall–Kier alpha value is 0.160. The Labute approximate surface area is 96.6 Å². The van der Waals surface area contributed by atoms with E-state index < -0.39 is 10.0 Å². The lowest BCUT2D eigenvalue weighted by Gasteiger charge is -2.37. The van der Waals surface area contributed by atoms with Crippen LogP contribution in [-0.2, 0) is 14.8 Å². The second kappa shape index (κ2) is 4.99. The molecule has 6 heteroatoms. The Kier molecular flexibility index (Phi) is 4.40. The predicted octanol–water partition coefficient (Wildman–Crippen LogP) is 1.06. The lowest BCUT2D eigenvalue weighted by atomic mass is 10.1. The first-order chi connectivity index (χ1) is 6.87. The molecule has 0 unspecified atom stereocenters. The van der Waals surface area contributed by atoms with Crippen LogP contribution in [0.5, 0.6) is 0 Å². The fraction of sp³-hybridized carbons (Fsp3) is 1.00. The third-order valence-corrected chi connectivity index (χ3v) is 4.49. The lowest BCUT2D eigenvalue weighted by molar-refractivity contribution is -0.0640. The van der Waals surface area contributed by atoms with E-state index >= 15 is 0 Å². The van der Waals surface area contributed by atoms with E-state index in [2.05, 4.69) is 0 Å². The van der Waals surface area contributed by atoms with Crippen LogP contribution in [0.4, 0.5) is 0 Å². The summed E-state index contributed by atoms with van der Waals surface area (Å²) in [5.41, 5.74) is -0.383. The first-order valence-corrected chi connectivity index (χ1v) is 7.19. The molecule has 1 aliphatic heterocycles. The first kappa shape index (κ1) is 13.2. The molecule has 1 rings (SSSR count). The normalized spacial score (nSPS) is 22.9. The summed E-state index contributed by atoms with van der Waals surface area (Å²) in [4.78, 5) is 0. The van der Waals surface area contributed by atoms with Gasteiger partial charge in [-0.2, -0.15) is 4.31 Å². The molecule has 0 saturated carbocycles. The first-order valence-electron chi connectivity index (χ1n) is 5.05. The van der Waals surface area contributed by atoms with Crippen LogP contribution in [0.25, 0.3) is 0 Å². The van der Waals surface area contributed by atoms with Crippen LogP contribution in [0.15, 0.2) is 0 Å². The van der Waals surface area contributed by atoms with Crippen molar-refractivity contribution in [3.05, 3.63) is 0 Å². The number of alkyl halides is 1. The molecule has 1 fully saturated rings. The summed E-state index contributed by atoms with van der Waals surface area (Å²) in [6.07, 6.45) is 0.502. The highest BCUT2D eigenvalue weighted by atomic mass is 35.5. The Balaban J connectivity index is 2.63. The minimum Gasteiger partial charge on any atom is -0.373 e. The fourth-order valence-corrected chi connectivity index (χ4v) is 3.50. The van der Waals surface area contributed by atoms with Crippen molar-refractivity contribution >= 4 is 21.6 Å². The summed E-state index contributed by atoms with van der Waals surface area (Å²) in [6.45, 7) is 5.14. The molecule has 0 aromatic rings. The maximum atomic E-state index is 11.8. The Morgan fingerprint density at radius 3 is 2.67 bits per heavy atom. The van der Waals surface area contributed by atoms with Crippen LogP contribution >= 0.6 is 11.6 Å². The molecule has 1 heterocycles. The largest absolute Gasteiger partial charge is 0.373 e. The molecular formula is C9H18ClNO3S. The van der Waals surface area contributed by atoms with Crippen LogP contribution in [0.1, 0.15) is 20.3 Å². The number of nitrogens with zero attached hydrogens (tertiary/aromatic N) is 1. The molecular weight excluding hydrogens is 238 g/mol. The zero-order chi connectivity index (χ0) is 11.5. The van der Waals surface area contributed by atoms with Gasteiger partial charge >= 0.3 is 0 Å². The summed E-state index contributed by atoms with van der Waals surface area (Å²) in [5.74, 6) is 0.513. The van der Waals surface area contributed by atoms with Gasteiger partial charge in [-0.3, -0.25) is 0 Å². The highest BCUT2D eigenvalue weighted by Crippen LogP contribution is 2.19. The van der Waals surface area contributed by atoms with Gasteiger partial charge in [0.1, 0.15) is 0 Å². The van der Waals surface area contributed by atoms with Gasteiger partial charge in [-0.05, 0) is 20.3 Å². The number of ether oxygens (including phenoxy) is 1. The zero-order valence-electron chi connectivity index (χ0n) is 9.20. The number of hydrogen-bond donors (Lipinski definition) is 0. The van der Waals surface area contributed by atoms with E-state index in [1.807, 2.05) is 13.8 Å². The summed E-state index contributed by atoms with van der Waals surface area (Å²) in [7, 11) is -3.15. The highest BCUT2D eigenvalue weighted by molar-refractivity contribution is 7.89. The Morgan fingerprint density at radius 2 is 2.13 bits per heavy atom. The molecule has 15 heavy (non-hydrogen) atoms. The second-order valence-corrected chi connectivity index (χ2v) is 6.77. The van der Waals surface area contributed by atoms with Crippen molar-refractivity contribution < 1.29 is 13.2 Å². The van der Waals surface area contributed by atoms with Crippen LogP contribution < -0.4 is 0 Å². The van der Waals surface area contributed by atoms with Gasteiger partial charge in [0.25, 0.3) is 0 Å². The van der Waals surface area contributed by atoms with E-state index in [0.29, 0.717) is 32.0 Å². The van der Waals surface area contributed by atoms with Crippen LogP contribution in [0.3, 0.4) is 0 Å². The second-order valence-electron chi connectivity index (χ2n) is 4.30. The predicted molar refractivity (Wildman–Crippen MR) is 60.7 cm³/mol. The van der Waals surface area contributed by atoms with E-state index in [9.17, 15) is 8.42 Å². The summed E-state index contributed by atoms with van der Waals surface area (Å²) >= 11 is 5.49. The fourth-order valence-electron chi connectivity index (χ4n) is 1.58. The number of rotatable bonds is 4. The molecule has 0 aromatic carbocycles. The van der Waals surface area contributed by atoms with E-state index in [4.69, 9.17) is 16.3 Å². The van der Waals surface area contributed by atoms with Gasteiger partial charge in [-0.15, -0.1) is 11.6 Å². The van der Waals surface area contributed by atoms with Crippen molar-refractivity contribution in [2.45, 2.75) is 25.9 Å². The Morgan fingerprint density at radius 1 is 1.47 bits per heavy atom. The van der Waals surface area contributed by atoms with Crippen molar-refractivity contribution in [2.24, 2.45) is 0 Å². The molecule has 0 N–H and O–H groups in total. The Bertz CT molecular complexity index is 302. The average molecular weight is 256 g/mol. The molecule has 0 aromatic heterocycles. The summed E-state index contributed by atoms with van der Waals surface area (Å²) < 4.78 is 30.7. The van der Waals surface area contributed by atoms with E-state index in [-0.39, 0.29) is 11.4 Å². The maximum absolute atomic E-state index is 11.8. The van der Waals surface area contributed by atoms with Crippen LogP contribution in [0.2, 0.25) is 0 Å². The van der Waals surface area contributed by atoms with E-state index in [1.54, 1.807) is 0 Å². The summed E-state index contributed by atoms with van der Waals surface area (Å²) in [5, 5.41) is 0. The highest BCUT2D eigenvalue weighted by Gasteiger charge is 2.33. The van der Waals surface area contributed by atoms with Crippen molar-refractivity contribution in [3.63, 3.8) is 0 Å². The summed E-state index contributed by atoms with van der Waals surface area (Å²) in [6, 6.07) is 0. The monoisotopic (exact) mass is 255 g/mol. The van der Waals surface area contributed by atoms with Gasteiger partial charge in [-0.25, -0.2) is 8.42 Å². The SMILES string of the molecule is CC1(C)CN(S(=O)(=O)CCCCl)CCO1. The van der Waals surface area contributed by atoms with Crippen molar-refractivity contribution in [1.29, 1.82) is 0 Å². The number of morpholine rings is 1. The molecule has 0 atom stereocenters. The zero-order valence-corrected chi connectivity index (χ0v) is 10.8. The van der Waals surface area contributed by atoms with Gasteiger partial charge in [0, 0.05) is 19.0 Å². The molecule has 0 amide bonds. The van der Waals surface area contributed by atoms with Crippen molar-refractivity contribution in [2.75, 3.05) is 31.3 Å².